The molecule has 2 rings (SSSR count). The summed E-state index contributed by atoms with van der Waals surface area (Å²) in [4.78, 5) is 23.7. The van der Waals surface area contributed by atoms with Crippen molar-refractivity contribution in [3.8, 4) is 5.75 Å². The fraction of sp³-hybridized carbons (Fsp3) is 0.222. The van der Waals surface area contributed by atoms with Crippen molar-refractivity contribution in [1.29, 1.82) is 0 Å². The Balaban J connectivity index is 2.08. The van der Waals surface area contributed by atoms with Crippen LogP contribution in [0.4, 0.5) is 18.9 Å². The smallest absolute Gasteiger partial charge is 0.406 e. The van der Waals surface area contributed by atoms with Gasteiger partial charge in [-0.1, -0.05) is 29.8 Å². The number of nitrogens with one attached hydrogen (secondary N) is 2. The average Bonchev–Trinajstić information content (AvgIpc) is 2.53. The second kappa shape index (κ2) is 8.77. The lowest BCUT2D eigenvalue weighted by molar-refractivity contribution is -0.274. The van der Waals surface area contributed by atoms with Gasteiger partial charge in [-0.15, -0.1) is 13.2 Å². The lowest BCUT2D eigenvalue weighted by atomic mass is 10.0. The molecule has 0 heterocycles. The standard InChI is InChI=1S/C18H16ClF3N2O3/c1-11(25)23-16(12-5-7-13(19)8-6-12)10-17(26)24-14-3-2-4-15(9-14)27-18(20,21)22/h2-9,16H,10H2,1H3,(H,23,25)(H,24,26). The fourth-order valence-electron chi connectivity index (χ4n) is 2.36. The summed E-state index contributed by atoms with van der Waals surface area (Å²) in [6, 6.07) is 10.9. The summed E-state index contributed by atoms with van der Waals surface area (Å²) in [5.41, 5.74) is 0.804. The van der Waals surface area contributed by atoms with Crippen LogP contribution in [0.1, 0.15) is 24.9 Å². The summed E-state index contributed by atoms with van der Waals surface area (Å²) in [7, 11) is 0. The van der Waals surface area contributed by atoms with Gasteiger partial charge in [-0.3, -0.25) is 9.59 Å². The number of carbonyl (C=O) groups excluding carboxylic acids is 2. The number of anilines is 1. The summed E-state index contributed by atoms with van der Waals surface area (Å²) in [5.74, 6) is -1.27. The van der Waals surface area contributed by atoms with Gasteiger partial charge in [0, 0.05) is 23.7 Å². The van der Waals surface area contributed by atoms with Gasteiger partial charge in [-0.05, 0) is 29.8 Å². The molecule has 0 aliphatic heterocycles. The Labute approximate surface area is 158 Å². The topological polar surface area (TPSA) is 67.4 Å². The zero-order valence-corrected chi connectivity index (χ0v) is 14.9. The van der Waals surface area contributed by atoms with Crippen molar-refractivity contribution in [2.75, 3.05) is 5.32 Å². The molecular formula is C18H16ClF3N2O3. The Kier molecular flexibility index (Phi) is 6.68. The summed E-state index contributed by atoms with van der Waals surface area (Å²) < 4.78 is 40.7. The molecule has 0 bridgehead atoms. The van der Waals surface area contributed by atoms with Crippen molar-refractivity contribution >= 4 is 29.1 Å². The number of alkyl halides is 3. The Hall–Kier alpha value is -2.74. The van der Waals surface area contributed by atoms with Gasteiger partial charge in [0.25, 0.3) is 0 Å². The molecule has 0 aliphatic rings. The van der Waals surface area contributed by atoms with E-state index in [-0.39, 0.29) is 18.0 Å². The molecular weight excluding hydrogens is 385 g/mol. The second-order valence-electron chi connectivity index (χ2n) is 5.63. The number of carbonyl (C=O) groups is 2. The first-order chi connectivity index (χ1) is 12.6. The third-order valence-corrected chi connectivity index (χ3v) is 3.64. The van der Waals surface area contributed by atoms with E-state index in [1.54, 1.807) is 24.3 Å². The van der Waals surface area contributed by atoms with Gasteiger partial charge >= 0.3 is 6.36 Å². The van der Waals surface area contributed by atoms with E-state index < -0.39 is 24.1 Å². The predicted octanol–water partition coefficient (Wildman–Crippen LogP) is 4.44. The molecule has 0 radical (unpaired) electrons. The highest BCUT2D eigenvalue weighted by molar-refractivity contribution is 6.30. The van der Waals surface area contributed by atoms with E-state index in [0.717, 1.165) is 12.1 Å². The summed E-state index contributed by atoms with van der Waals surface area (Å²) in [6.45, 7) is 1.32. The van der Waals surface area contributed by atoms with Crippen LogP contribution in [0.15, 0.2) is 48.5 Å². The van der Waals surface area contributed by atoms with Gasteiger partial charge in [-0.2, -0.15) is 0 Å². The molecule has 2 N–H and O–H groups in total. The first-order valence-corrected chi connectivity index (χ1v) is 8.18. The van der Waals surface area contributed by atoms with E-state index in [1.807, 2.05) is 0 Å². The third kappa shape index (κ3) is 7.18. The van der Waals surface area contributed by atoms with Gasteiger partial charge in [0.05, 0.1) is 12.5 Å². The van der Waals surface area contributed by atoms with Crippen molar-refractivity contribution in [2.24, 2.45) is 0 Å². The molecule has 0 spiro atoms. The van der Waals surface area contributed by atoms with Crippen molar-refractivity contribution < 1.29 is 27.5 Å². The Morgan fingerprint density at radius 3 is 2.41 bits per heavy atom. The Morgan fingerprint density at radius 2 is 1.81 bits per heavy atom. The van der Waals surface area contributed by atoms with E-state index >= 15 is 0 Å². The predicted molar refractivity (Wildman–Crippen MR) is 94.4 cm³/mol. The minimum atomic E-state index is -4.83. The van der Waals surface area contributed by atoms with Crippen molar-refractivity contribution in [2.45, 2.75) is 25.7 Å². The first-order valence-electron chi connectivity index (χ1n) is 7.80. The van der Waals surface area contributed by atoms with Crippen molar-refractivity contribution in [3.05, 3.63) is 59.1 Å². The van der Waals surface area contributed by atoms with E-state index in [1.165, 1.54) is 19.1 Å². The van der Waals surface area contributed by atoms with Crippen LogP contribution in [0.5, 0.6) is 5.75 Å². The molecule has 2 aromatic carbocycles. The second-order valence-corrected chi connectivity index (χ2v) is 6.07. The molecule has 27 heavy (non-hydrogen) atoms. The molecule has 1 unspecified atom stereocenters. The van der Waals surface area contributed by atoms with Crippen LogP contribution in [-0.2, 0) is 9.59 Å². The molecule has 2 amide bonds. The molecule has 1 atom stereocenters. The van der Waals surface area contributed by atoms with Crippen molar-refractivity contribution in [3.63, 3.8) is 0 Å². The van der Waals surface area contributed by atoms with Gasteiger partial charge in [-0.25, -0.2) is 0 Å². The molecule has 5 nitrogen and oxygen atoms in total. The highest BCUT2D eigenvalue weighted by Gasteiger charge is 2.31. The largest absolute Gasteiger partial charge is 0.573 e. The third-order valence-electron chi connectivity index (χ3n) is 3.39. The molecule has 144 valence electrons. The Morgan fingerprint density at radius 1 is 1.15 bits per heavy atom. The van der Waals surface area contributed by atoms with Crippen LogP contribution in [0.3, 0.4) is 0 Å². The quantitative estimate of drug-likeness (QED) is 0.753. The number of hydrogen-bond acceptors (Lipinski definition) is 3. The van der Waals surface area contributed by atoms with Gasteiger partial charge in [0.15, 0.2) is 0 Å². The van der Waals surface area contributed by atoms with Crippen molar-refractivity contribution in [1.82, 2.24) is 5.32 Å². The number of amides is 2. The highest BCUT2D eigenvalue weighted by atomic mass is 35.5. The zero-order valence-electron chi connectivity index (χ0n) is 14.1. The van der Waals surface area contributed by atoms with E-state index in [4.69, 9.17) is 11.6 Å². The summed E-state index contributed by atoms with van der Waals surface area (Å²) in [6.07, 6.45) is -4.95. The summed E-state index contributed by atoms with van der Waals surface area (Å²) in [5, 5.41) is 5.65. The van der Waals surface area contributed by atoms with E-state index in [0.29, 0.717) is 10.6 Å². The van der Waals surface area contributed by atoms with Gasteiger partial charge in [0.1, 0.15) is 5.75 Å². The molecule has 9 heteroatoms. The van der Waals surface area contributed by atoms with Crippen LogP contribution < -0.4 is 15.4 Å². The minimum Gasteiger partial charge on any atom is -0.406 e. The lowest BCUT2D eigenvalue weighted by Crippen LogP contribution is -2.29. The first kappa shape index (κ1) is 20.6. The van der Waals surface area contributed by atoms with Crippen LogP contribution >= 0.6 is 11.6 Å². The molecule has 0 fully saturated rings. The number of halogens is 4. The molecule has 0 saturated carbocycles. The number of ether oxygens (including phenoxy) is 1. The maximum Gasteiger partial charge on any atom is 0.573 e. The van der Waals surface area contributed by atoms with E-state index in [2.05, 4.69) is 15.4 Å². The maximum absolute atomic E-state index is 12.3. The van der Waals surface area contributed by atoms with Crippen LogP contribution in [-0.4, -0.2) is 18.2 Å². The van der Waals surface area contributed by atoms with Gasteiger partial charge in [0.2, 0.25) is 11.8 Å². The molecule has 0 aromatic heterocycles. The molecule has 2 aromatic rings. The van der Waals surface area contributed by atoms with Crippen LogP contribution in [0, 0.1) is 0 Å². The molecule has 0 saturated heterocycles. The minimum absolute atomic E-state index is 0.119. The summed E-state index contributed by atoms with van der Waals surface area (Å²) >= 11 is 5.84. The van der Waals surface area contributed by atoms with Crippen LogP contribution in [0.2, 0.25) is 5.02 Å². The van der Waals surface area contributed by atoms with Gasteiger partial charge < -0.3 is 15.4 Å². The number of hydrogen-bond donors (Lipinski definition) is 2. The monoisotopic (exact) mass is 400 g/mol. The maximum atomic E-state index is 12.3. The SMILES string of the molecule is CC(=O)NC(CC(=O)Nc1cccc(OC(F)(F)F)c1)c1ccc(Cl)cc1. The van der Waals surface area contributed by atoms with Crippen LogP contribution in [0.25, 0.3) is 0 Å². The Bertz CT molecular complexity index is 810. The average molecular weight is 401 g/mol. The highest BCUT2D eigenvalue weighted by Crippen LogP contribution is 2.26. The van der Waals surface area contributed by atoms with E-state index in [9.17, 15) is 22.8 Å². The normalized spacial score (nSPS) is 12.2. The molecule has 0 aliphatic carbocycles. The fourth-order valence-corrected chi connectivity index (χ4v) is 2.49. The number of benzene rings is 2. The number of rotatable bonds is 6. The zero-order chi connectivity index (χ0) is 20.0. The lowest BCUT2D eigenvalue weighted by Gasteiger charge is -2.18.